The zero-order valence-corrected chi connectivity index (χ0v) is 17.1. The largest absolute Gasteiger partial charge is 0.494 e. The Labute approximate surface area is 158 Å². The molecule has 0 bridgehead atoms. The topological polar surface area (TPSA) is 57.9 Å². The molecule has 1 aromatic heterocycles. The monoisotopic (exact) mass is 364 g/mol. The number of hydrogen-bond donors (Lipinski definition) is 2. The summed E-state index contributed by atoms with van der Waals surface area (Å²) in [5, 5.41) is 20.7. The molecule has 0 radical (unpaired) electrons. The highest BCUT2D eigenvalue weighted by Gasteiger charge is 2.26. The standard InChI is InChI=1S/C21H36N2O3/c1-16(13-21(5,6)14-20(2,3)4)11-17-12-18(24)23(19(17)25)8-7-22-9-10-26-15-22/h12,24-25H,1,7-11,13-15H2,2-6H3. The van der Waals surface area contributed by atoms with Crippen LogP contribution in [0.1, 0.15) is 53.0 Å². The lowest BCUT2D eigenvalue weighted by atomic mass is 9.73. The fraction of sp³-hybridized carbons (Fsp3) is 0.714. The van der Waals surface area contributed by atoms with E-state index in [4.69, 9.17) is 4.74 Å². The van der Waals surface area contributed by atoms with Crippen LogP contribution >= 0.6 is 0 Å². The molecule has 2 heterocycles. The molecule has 1 saturated heterocycles. The van der Waals surface area contributed by atoms with E-state index in [1.807, 2.05) is 0 Å². The number of aromatic nitrogens is 1. The highest BCUT2D eigenvalue weighted by molar-refractivity contribution is 5.38. The van der Waals surface area contributed by atoms with Gasteiger partial charge in [0, 0.05) is 31.3 Å². The molecular formula is C21H36N2O3. The number of ether oxygens (including phenoxy) is 1. The molecule has 0 aromatic carbocycles. The van der Waals surface area contributed by atoms with Crippen molar-refractivity contribution in [3.63, 3.8) is 0 Å². The quantitative estimate of drug-likeness (QED) is 0.681. The van der Waals surface area contributed by atoms with Crippen LogP contribution in [-0.4, -0.2) is 46.1 Å². The van der Waals surface area contributed by atoms with Gasteiger partial charge in [0.2, 0.25) is 0 Å². The first kappa shape index (κ1) is 20.8. The van der Waals surface area contributed by atoms with E-state index in [2.05, 4.69) is 46.1 Å². The highest BCUT2D eigenvalue weighted by atomic mass is 16.5. The summed E-state index contributed by atoms with van der Waals surface area (Å²) in [7, 11) is 0. The summed E-state index contributed by atoms with van der Waals surface area (Å²) in [6.45, 7) is 19.1. The zero-order valence-electron chi connectivity index (χ0n) is 17.1. The van der Waals surface area contributed by atoms with E-state index in [0.29, 0.717) is 19.7 Å². The van der Waals surface area contributed by atoms with Gasteiger partial charge in [-0.05, 0) is 30.1 Å². The summed E-state index contributed by atoms with van der Waals surface area (Å²) >= 11 is 0. The Morgan fingerprint density at radius 1 is 1.19 bits per heavy atom. The molecular weight excluding hydrogens is 328 g/mol. The van der Waals surface area contributed by atoms with Crippen molar-refractivity contribution >= 4 is 0 Å². The lowest BCUT2D eigenvalue weighted by Gasteiger charge is -2.33. The predicted molar refractivity (Wildman–Crippen MR) is 105 cm³/mol. The molecule has 2 rings (SSSR count). The summed E-state index contributed by atoms with van der Waals surface area (Å²) < 4.78 is 6.90. The minimum absolute atomic E-state index is 0.111. The van der Waals surface area contributed by atoms with Crippen LogP contribution in [0.25, 0.3) is 0 Å². The minimum atomic E-state index is 0.111. The van der Waals surface area contributed by atoms with Gasteiger partial charge in [-0.15, -0.1) is 0 Å². The van der Waals surface area contributed by atoms with Crippen LogP contribution in [0.3, 0.4) is 0 Å². The molecule has 1 aliphatic rings. The van der Waals surface area contributed by atoms with Gasteiger partial charge in [-0.2, -0.15) is 0 Å². The van der Waals surface area contributed by atoms with E-state index in [-0.39, 0.29) is 22.6 Å². The summed E-state index contributed by atoms with van der Waals surface area (Å²) in [6, 6.07) is 1.66. The second-order valence-electron chi connectivity index (χ2n) is 9.66. The van der Waals surface area contributed by atoms with Gasteiger partial charge in [0.05, 0.1) is 13.3 Å². The van der Waals surface area contributed by atoms with Crippen LogP contribution in [0.4, 0.5) is 0 Å². The van der Waals surface area contributed by atoms with Crippen molar-refractivity contribution in [2.45, 2.75) is 60.4 Å². The lowest BCUT2D eigenvalue weighted by Crippen LogP contribution is -2.24. The first-order chi connectivity index (χ1) is 12.0. The van der Waals surface area contributed by atoms with Gasteiger partial charge in [0.25, 0.3) is 0 Å². The van der Waals surface area contributed by atoms with Crippen molar-refractivity contribution in [3.05, 3.63) is 23.8 Å². The maximum absolute atomic E-state index is 10.5. The smallest absolute Gasteiger partial charge is 0.197 e. The first-order valence-electron chi connectivity index (χ1n) is 9.54. The SMILES string of the molecule is C=C(Cc1cc(O)n(CCN2CCOC2)c1O)CC(C)(C)CC(C)(C)C. The Morgan fingerprint density at radius 2 is 1.88 bits per heavy atom. The third-order valence-corrected chi connectivity index (χ3v) is 4.77. The third-order valence-electron chi connectivity index (χ3n) is 4.77. The average molecular weight is 365 g/mol. The molecule has 0 atom stereocenters. The second kappa shape index (κ2) is 8.05. The van der Waals surface area contributed by atoms with Crippen molar-refractivity contribution in [2.24, 2.45) is 10.8 Å². The van der Waals surface area contributed by atoms with E-state index in [1.165, 1.54) is 0 Å². The number of nitrogens with zero attached hydrogens (tertiary/aromatic N) is 2. The molecule has 5 nitrogen and oxygen atoms in total. The molecule has 148 valence electrons. The summed E-state index contributed by atoms with van der Waals surface area (Å²) in [5.74, 6) is 0.261. The normalized spacial score (nSPS) is 16.3. The lowest BCUT2D eigenvalue weighted by molar-refractivity contribution is 0.137. The van der Waals surface area contributed by atoms with Gasteiger partial charge in [0.15, 0.2) is 11.8 Å². The van der Waals surface area contributed by atoms with Gasteiger partial charge < -0.3 is 14.9 Å². The fourth-order valence-corrected chi connectivity index (χ4v) is 4.31. The minimum Gasteiger partial charge on any atom is -0.494 e. The highest BCUT2D eigenvalue weighted by Crippen LogP contribution is 2.39. The number of hydrogen-bond acceptors (Lipinski definition) is 4. The van der Waals surface area contributed by atoms with E-state index in [9.17, 15) is 10.2 Å². The first-order valence-corrected chi connectivity index (χ1v) is 9.54. The molecule has 0 spiro atoms. The number of allylic oxidation sites excluding steroid dienone is 1. The van der Waals surface area contributed by atoms with E-state index < -0.39 is 0 Å². The molecule has 0 amide bonds. The second-order valence-corrected chi connectivity index (χ2v) is 9.66. The maximum atomic E-state index is 10.5. The molecule has 0 unspecified atom stereocenters. The van der Waals surface area contributed by atoms with Gasteiger partial charge >= 0.3 is 0 Å². The Balaban J connectivity index is 1.96. The molecule has 0 aliphatic carbocycles. The summed E-state index contributed by atoms with van der Waals surface area (Å²) in [6.07, 6.45) is 2.60. The van der Waals surface area contributed by atoms with Crippen molar-refractivity contribution in [1.29, 1.82) is 0 Å². The Hall–Kier alpha value is -1.46. The van der Waals surface area contributed by atoms with Crippen LogP contribution in [0, 0.1) is 10.8 Å². The van der Waals surface area contributed by atoms with Crippen LogP contribution in [0.2, 0.25) is 0 Å². The molecule has 1 fully saturated rings. The average Bonchev–Trinajstić information content (AvgIpc) is 3.03. The van der Waals surface area contributed by atoms with Crippen molar-refractivity contribution < 1.29 is 14.9 Å². The van der Waals surface area contributed by atoms with Gasteiger partial charge in [-0.3, -0.25) is 9.47 Å². The van der Waals surface area contributed by atoms with Crippen LogP contribution in [0.5, 0.6) is 11.8 Å². The fourth-order valence-electron chi connectivity index (χ4n) is 4.31. The summed E-state index contributed by atoms with van der Waals surface area (Å²) in [4.78, 5) is 2.16. The maximum Gasteiger partial charge on any atom is 0.197 e. The Bertz CT molecular complexity index is 620. The van der Waals surface area contributed by atoms with Crippen LogP contribution < -0.4 is 0 Å². The van der Waals surface area contributed by atoms with Gasteiger partial charge in [-0.1, -0.05) is 46.8 Å². The van der Waals surface area contributed by atoms with Crippen molar-refractivity contribution in [3.8, 4) is 11.8 Å². The molecule has 2 N–H and O–H groups in total. The number of rotatable bonds is 8. The molecule has 26 heavy (non-hydrogen) atoms. The zero-order chi connectivity index (χ0) is 19.5. The van der Waals surface area contributed by atoms with E-state index in [0.717, 1.165) is 43.7 Å². The molecule has 0 saturated carbocycles. The van der Waals surface area contributed by atoms with E-state index in [1.54, 1.807) is 10.6 Å². The number of aromatic hydroxyl groups is 2. The molecule has 1 aromatic rings. The Kier molecular flexibility index (Phi) is 6.46. The summed E-state index contributed by atoms with van der Waals surface area (Å²) in [5.41, 5.74) is 2.26. The van der Waals surface area contributed by atoms with E-state index >= 15 is 0 Å². The van der Waals surface area contributed by atoms with Crippen molar-refractivity contribution in [2.75, 3.05) is 26.4 Å². The molecule has 1 aliphatic heterocycles. The molecule has 5 heteroatoms. The van der Waals surface area contributed by atoms with Crippen LogP contribution in [-0.2, 0) is 17.7 Å². The Morgan fingerprint density at radius 3 is 2.46 bits per heavy atom. The van der Waals surface area contributed by atoms with Gasteiger partial charge in [0.1, 0.15) is 0 Å². The predicted octanol–water partition coefficient (Wildman–Crippen LogP) is 4.14. The van der Waals surface area contributed by atoms with Gasteiger partial charge in [-0.25, -0.2) is 0 Å². The van der Waals surface area contributed by atoms with Crippen molar-refractivity contribution in [1.82, 2.24) is 9.47 Å². The van der Waals surface area contributed by atoms with Crippen LogP contribution in [0.15, 0.2) is 18.2 Å². The third kappa shape index (κ3) is 6.06.